The predicted octanol–water partition coefficient (Wildman–Crippen LogP) is 4.07. The van der Waals surface area contributed by atoms with Gasteiger partial charge in [-0.05, 0) is 35.9 Å². The van der Waals surface area contributed by atoms with E-state index in [4.69, 9.17) is 20.8 Å². The number of methoxy groups -OCH3 is 1. The van der Waals surface area contributed by atoms with Crippen LogP contribution in [0.25, 0.3) is 22.0 Å². The maximum Gasteiger partial charge on any atom is 0.347 e. The van der Waals surface area contributed by atoms with Crippen molar-refractivity contribution in [2.24, 2.45) is 0 Å². The van der Waals surface area contributed by atoms with Crippen molar-refractivity contribution in [3.8, 4) is 5.75 Å². The van der Waals surface area contributed by atoms with E-state index < -0.39 is 11.4 Å². The van der Waals surface area contributed by atoms with Gasteiger partial charge in [0.05, 0.1) is 18.0 Å². The fraction of sp³-hybridized carbons (Fsp3) is 0.0588. The van der Waals surface area contributed by atoms with Gasteiger partial charge in [0.15, 0.2) is 11.6 Å². The minimum atomic E-state index is -0.530. The summed E-state index contributed by atoms with van der Waals surface area (Å²) in [6.45, 7) is 0. The Balaban J connectivity index is 2.04. The normalized spacial score (nSPS) is 11.7. The molecule has 0 bridgehead atoms. The van der Waals surface area contributed by atoms with Crippen LogP contribution in [-0.4, -0.2) is 12.1 Å². The smallest absolute Gasteiger partial charge is 0.347 e. The first kappa shape index (κ1) is 15.2. The average Bonchev–Trinajstić information content (AvgIpc) is 2.55. The van der Waals surface area contributed by atoms with Crippen molar-refractivity contribution in [2.75, 3.05) is 7.11 Å². The van der Waals surface area contributed by atoms with Gasteiger partial charge in [0.2, 0.25) is 5.89 Å². The summed E-state index contributed by atoms with van der Waals surface area (Å²) in [4.78, 5) is 16.1. The fourth-order valence-corrected chi connectivity index (χ4v) is 2.31. The molecule has 0 saturated carbocycles. The molecule has 3 rings (SSSR count). The molecule has 3 aromatic rings. The third kappa shape index (κ3) is 3.10. The first-order chi connectivity index (χ1) is 11.1. The Morgan fingerprint density at radius 1 is 1.30 bits per heavy atom. The van der Waals surface area contributed by atoms with Crippen LogP contribution in [-0.2, 0) is 0 Å². The van der Waals surface area contributed by atoms with Gasteiger partial charge in [0, 0.05) is 0 Å². The second kappa shape index (κ2) is 6.22. The van der Waals surface area contributed by atoms with Crippen molar-refractivity contribution in [1.29, 1.82) is 0 Å². The highest BCUT2D eigenvalue weighted by Crippen LogP contribution is 2.24. The zero-order valence-electron chi connectivity index (χ0n) is 12.0. The largest absolute Gasteiger partial charge is 0.494 e. The molecule has 0 saturated heterocycles. The number of rotatable bonds is 3. The third-order valence-electron chi connectivity index (χ3n) is 3.21. The molecule has 2 aromatic carbocycles. The third-order valence-corrected chi connectivity index (χ3v) is 3.48. The molecule has 0 atom stereocenters. The zero-order chi connectivity index (χ0) is 16.4. The number of halogens is 2. The molecule has 23 heavy (non-hydrogen) atoms. The van der Waals surface area contributed by atoms with Crippen LogP contribution in [0, 0.1) is 5.82 Å². The van der Waals surface area contributed by atoms with E-state index in [1.54, 1.807) is 30.3 Å². The van der Waals surface area contributed by atoms with Crippen molar-refractivity contribution in [2.45, 2.75) is 0 Å². The molecule has 6 heteroatoms. The number of hydrogen-bond donors (Lipinski definition) is 0. The summed E-state index contributed by atoms with van der Waals surface area (Å²) in [5.74, 6) is -0.404. The molecule has 1 heterocycles. The van der Waals surface area contributed by atoms with Crippen LogP contribution < -0.4 is 10.4 Å². The number of hydrogen-bond acceptors (Lipinski definition) is 4. The number of benzene rings is 2. The minimum Gasteiger partial charge on any atom is -0.494 e. The van der Waals surface area contributed by atoms with Crippen molar-refractivity contribution in [3.63, 3.8) is 0 Å². The standard InChI is InChI=1S/C17H11ClFNO3/c1-22-15-7-6-10(9-13(15)19)8-12(18)16-20-14-5-3-2-4-11(14)17(21)23-16/h2-9H,1H3/b12-8-. The second-order valence-electron chi connectivity index (χ2n) is 4.71. The summed E-state index contributed by atoms with van der Waals surface area (Å²) in [6, 6.07) is 11.2. The van der Waals surface area contributed by atoms with E-state index in [0.717, 1.165) is 0 Å². The quantitative estimate of drug-likeness (QED) is 0.726. The zero-order valence-corrected chi connectivity index (χ0v) is 12.8. The van der Waals surface area contributed by atoms with Gasteiger partial charge in [0.1, 0.15) is 5.03 Å². The highest BCUT2D eigenvalue weighted by Gasteiger charge is 2.10. The molecule has 4 nitrogen and oxygen atoms in total. The van der Waals surface area contributed by atoms with Gasteiger partial charge in [-0.1, -0.05) is 29.8 Å². The van der Waals surface area contributed by atoms with Crippen LogP contribution in [0.3, 0.4) is 0 Å². The van der Waals surface area contributed by atoms with Crippen molar-refractivity contribution in [1.82, 2.24) is 4.98 Å². The van der Waals surface area contributed by atoms with Gasteiger partial charge < -0.3 is 9.15 Å². The second-order valence-corrected chi connectivity index (χ2v) is 5.12. The monoisotopic (exact) mass is 331 g/mol. The Hall–Kier alpha value is -2.66. The van der Waals surface area contributed by atoms with E-state index in [9.17, 15) is 9.18 Å². The molecular weight excluding hydrogens is 321 g/mol. The van der Waals surface area contributed by atoms with Crippen LogP contribution >= 0.6 is 11.6 Å². The van der Waals surface area contributed by atoms with Crippen LogP contribution in [0.2, 0.25) is 0 Å². The summed E-state index contributed by atoms with van der Waals surface area (Å²) < 4.78 is 23.7. The molecule has 0 aliphatic carbocycles. The van der Waals surface area contributed by atoms with Gasteiger partial charge in [-0.25, -0.2) is 14.2 Å². The first-order valence-electron chi connectivity index (χ1n) is 6.69. The first-order valence-corrected chi connectivity index (χ1v) is 7.07. The minimum absolute atomic E-state index is 0.0217. The molecule has 0 aliphatic heterocycles. The molecule has 0 aliphatic rings. The van der Waals surface area contributed by atoms with Gasteiger partial charge in [0.25, 0.3) is 0 Å². The number of ether oxygens (including phenoxy) is 1. The van der Waals surface area contributed by atoms with E-state index in [2.05, 4.69) is 4.98 Å². The molecule has 1 aromatic heterocycles. The van der Waals surface area contributed by atoms with Gasteiger partial charge >= 0.3 is 5.63 Å². The van der Waals surface area contributed by atoms with Crippen LogP contribution in [0.4, 0.5) is 4.39 Å². The maximum atomic E-state index is 13.7. The number of fused-ring (bicyclic) bond motifs is 1. The fourth-order valence-electron chi connectivity index (χ4n) is 2.10. The topological polar surface area (TPSA) is 52.3 Å². The molecular formula is C17H11ClFNO3. The lowest BCUT2D eigenvalue weighted by atomic mass is 10.2. The summed E-state index contributed by atoms with van der Waals surface area (Å²) in [7, 11) is 1.38. The molecule has 0 spiro atoms. The number of nitrogens with zero attached hydrogens (tertiary/aromatic N) is 1. The lowest BCUT2D eigenvalue weighted by molar-refractivity contribution is 0.386. The van der Waals surface area contributed by atoms with E-state index in [-0.39, 0.29) is 16.7 Å². The van der Waals surface area contributed by atoms with E-state index in [0.29, 0.717) is 16.5 Å². The molecule has 116 valence electrons. The molecule has 0 N–H and O–H groups in total. The van der Waals surface area contributed by atoms with Gasteiger partial charge in [-0.2, -0.15) is 0 Å². The number of aromatic nitrogens is 1. The number of para-hydroxylation sites is 1. The van der Waals surface area contributed by atoms with E-state index >= 15 is 0 Å². The summed E-state index contributed by atoms with van der Waals surface area (Å²) >= 11 is 6.15. The highest BCUT2D eigenvalue weighted by atomic mass is 35.5. The van der Waals surface area contributed by atoms with Crippen molar-refractivity contribution < 1.29 is 13.5 Å². The average molecular weight is 332 g/mol. The Labute approximate surface area is 135 Å². The van der Waals surface area contributed by atoms with E-state index in [1.807, 2.05) is 0 Å². The Bertz CT molecular complexity index is 965. The van der Waals surface area contributed by atoms with Crippen molar-refractivity contribution >= 4 is 33.6 Å². The highest BCUT2D eigenvalue weighted by molar-refractivity contribution is 6.50. The molecule has 0 fully saturated rings. The van der Waals surface area contributed by atoms with Gasteiger partial charge in [-0.15, -0.1) is 0 Å². The molecule has 0 unspecified atom stereocenters. The van der Waals surface area contributed by atoms with Crippen molar-refractivity contribution in [3.05, 3.63) is 70.2 Å². The predicted molar refractivity (Wildman–Crippen MR) is 87.0 cm³/mol. The van der Waals surface area contributed by atoms with Crippen LogP contribution in [0.15, 0.2) is 51.7 Å². The Morgan fingerprint density at radius 2 is 2.09 bits per heavy atom. The Morgan fingerprint density at radius 3 is 2.83 bits per heavy atom. The van der Waals surface area contributed by atoms with E-state index in [1.165, 1.54) is 25.3 Å². The maximum absolute atomic E-state index is 13.7. The van der Waals surface area contributed by atoms with Crippen LogP contribution in [0.1, 0.15) is 11.5 Å². The SMILES string of the molecule is COc1ccc(/C=C(\Cl)c2nc3ccccc3c(=O)o2)cc1F. The van der Waals surface area contributed by atoms with Crippen LogP contribution in [0.5, 0.6) is 5.75 Å². The molecule has 0 radical (unpaired) electrons. The lowest BCUT2D eigenvalue weighted by Gasteiger charge is -2.03. The van der Waals surface area contributed by atoms with Gasteiger partial charge in [-0.3, -0.25) is 0 Å². The Kier molecular flexibility index (Phi) is 4.12. The summed E-state index contributed by atoms with van der Waals surface area (Å²) in [5, 5.41) is 0.466. The molecule has 0 amide bonds. The summed E-state index contributed by atoms with van der Waals surface area (Å²) in [6.07, 6.45) is 1.46. The lowest BCUT2D eigenvalue weighted by Crippen LogP contribution is -2.03. The summed E-state index contributed by atoms with van der Waals surface area (Å²) in [5.41, 5.74) is 0.440.